The highest BCUT2D eigenvalue weighted by atomic mass is 32.1. The molecule has 0 fully saturated rings. The van der Waals surface area contributed by atoms with E-state index in [-0.39, 0.29) is 0 Å². The fourth-order valence-corrected chi connectivity index (χ4v) is 10.9. The highest BCUT2D eigenvalue weighted by molar-refractivity contribution is 7.29. The van der Waals surface area contributed by atoms with Crippen LogP contribution in [0.3, 0.4) is 0 Å². The summed E-state index contributed by atoms with van der Waals surface area (Å²) in [5, 5.41) is 0. The average Bonchev–Trinajstić information content (AvgIpc) is 3.92. The molecule has 5 aromatic heterocycles. The summed E-state index contributed by atoms with van der Waals surface area (Å²) in [4.78, 5) is 13.8. The van der Waals surface area contributed by atoms with Crippen LogP contribution in [0.5, 0.6) is 0 Å². The third-order valence-corrected chi connectivity index (χ3v) is 14.4. The number of unbranched alkanes of at least 4 members (excludes halogenated alkanes) is 8. The van der Waals surface area contributed by atoms with E-state index in [4.69, 9.17) is 14.2 Å². The molecule has 254 valence electrons. The molecule has 3 nitrogen and oxygen atoms in total. The Morgan fingerprint density at radius 2 is 0.723 bits per heavy atom. The first kappa shape index (κ1) is 36.7. The number of aryl methyl sites for hydroxylation is 1. The van der Waals surface area contributed by atoms with Crippen LogP contribution in [-0.4, -0.2) is 39.6 Å². The molecule has 0 aliphatic heterocycles. The molecule has 5 rings (SSSR count). The Balaban J connectivity index is 1.05. The minimum absolute atomic E-state index is 0.619. The van der Waals surface area contributed by atoms with E-state index >= 15 is 0 Å². The zero-order valence-electron chi connectivity index (χ0n) is 28.1. The van der Waals surface area contributed by atoms with Crippen LogP contribution in [0.2, 0.25) is 0 Å². The van der Waals surface area contributed by atoms with Crippen LogP contribution >= 0.6 is 56.7 Å². The standard InChI is InChI=1S/C39H50O3S5/c1-3-5-6-7-8-9-10-11-12-13-30-14-16-32(43-30)34-18-20-36(45-34)38-22-23-39(47-38)37-21-19-35(46-37)33-17-15-31(44-33)24-25-41-28-29-42-27-26-40-4-2/h14-23H,3-13,24-29H2,1-2H3. The van der Waals surface area contributed by atoms with Gasteiger partial charge in [0.05, 0.1) is 33.0 Å². The van der Waals surface area contributed by atoms with Crippen molar-refractivity contribution in [2.45, 2.75) is 84.5 Å². The zero-order chi connectivity index (χ0) is 32.5. The molecule has 0 unspecified atom stereocenters. The van der Waals surface area contributed by atoms with Crippen LogP contribution in [0.1, 0.15) is 81.4 Å². The van der Waals surface area contributed by atoms with E-state index in [0.29, 0.717) is 26.4 Å². The summed E-state index contributed by atoms with van der Waals surface area (Å²) in [5.74, 6) is 0. The Morgan fingerprint density at radius 1 is 0.362 bits per heavy atom. The fraction of sp³-hybridized carbons (Fsp3) is 0.487. The molecule has 5 aromatic rings. The molecule has 0 bridgehead atoms. The molecule has 0 atom stereocenters. The first-order valence-electron chi connectivity index (χ1n) is 17.4. The minimum atomic E-state index is 0.619. The number of hydrogen-bond acceptors (Lipinski definition) is 8. The lowest BCUT2D eigenvalue weighted by Crippen LogP contribution is -2.10. The first-order valence-corrected chi connectivity index (χ1v) is 21.5. The Kier molecular flexibility index (Phi) is 16.2. The smallest absolute Gasteiger partial charge is 0.0701 e. The van der Waals surface area contributed by atoms with Crippen molar-refractivity contribution < 1.29 is 14.2 Å². The molecule has 5 heterocycles. The van der Waals surface area contributed by atoms with Crippen LogP contribution < -0.4 is 0 Å². The summed E-state index contributed by atoms with van der Waals surface area (Å²) in [5.41, 5.74) is 0. The van der Waals surface area contributed by atoms with Crippen molar-refractivity contribution in [2.75, 3.05) is 39.6 Å². The third-order valence-electron chi connectivity index (χ3n) is 8.08. The first-order chi connectivity index (χ1) is 23.2. The van der Waals surface area contributed by atoms with Crippen molar-refractivity contribution in [2.24, 2.45) is 0 Å². The van der Waals surface area contributed by atoms with E-state index in [2.05, 4.69) is 67.6 Å². The van der Waals surface area contributed by atoms with Crippen molar-refractivity contribution in [3.8, 4) is 39.0 Å². The van der Waals surface area contributed by atoms with Crippen molar-refractivity contribution in [3.63, 3.8) is 0 Å². The summed E-state index contributed by atoms with van der Waals surface area (Å²) in [6.07, 6.45) is 14.7. The average molecular weight is 727 g/mol. The fourth-order valence-electron chi connectivity index (χ4n) is 5.46. The molecule has 0 aliphatic carbocycles. The van der Waals surface area contributed by atoms with E-state index in [1.54, 1.807) is 0 Å². The highest BCUT2D eigenvalue weighted by Crippen LogP contribution is 2.44. The van der Waals surface area contributed by atoms with Gasteiger partial charge in [0.25, 0.3) is 0 Å². The quantitative estimate of drug-likeness (QED) is 0.0593. The van der Waals surface area contributed by atoms with E-state index in [9.17, 15) is 0 Å². The van der Waals surface area contributed by atoms with E-state index in [1.165, 1.54) is 113 Å². The summed E-state index contributed by atoms with van der Waals surface area (Å²) in [7, 11) is 0. The van der Waals surface area contributed by atoms with Gasteiger partial charge < -0.3 is 14.2 Å². The number of ether oxygens (including phenoxy) is 3. The van der Waals surface area contributed by atoms with Gasteiger partial charge in [-0.3, -0.25) is 0 Å². The molecule has 0 saturated carbocycles. The van der Waals surface area contributed by atoms with Gasteiger partial charge in [-0.2, -0.15) is 0 Å². The van der Waals surface area contributed by atoms with Gasteiger partial charge in [-0.15, -0.1) is 56.7 Å². The number of hydrogen-bond donors (Lipinski definition) is 0. The zero-order valence-corrected chi connectivity index (χ0v) is 32.1. The molecular formula is C39H50O3S5. The van der Waals surface area contributed by atoms with Crippen LogP contribution in [0.15, 0.2) is 60.7 Å². The Hall–Kier alpha value is -1.62. The predicted molar refractivity (Wildman–Crippen MR) is 210 cm³/mol. The minimum Gasteiger partial charge on any atom is -0.379 e. The second-order valence-corrected chi connectivity index (χ2v) is 17.4. The monoisotopic (exact) mass is 726 g/mol. The van der Waals surface area contributed by atoms with Gasteiger partial charge in [0.2, 0.25) is 0 Å². The molecule has 0 N–H and O–H groups in total. The van der Waals surface area contributed by atoms with Crippen LogP contribution in [0.25, 0.3) is 39.0 Å². The second-order valence-electron chi connectivity index (χ2n) is 11.8. The SMILES string of the molecule is CCCCCCCCCCCc1ccc(-c2ccc(-c3ccc(-c4ccc(-c5ccc(CCOCCOCCOCC)s5)s4)s3)s2)s1. The summed E-state index contributed by atoms with van der Waals surface area (Å²) in [6, 6.07) is 23.0. The van der Waals surface area contributed by atoms with Gasteiger partial charge in [-0.25, -0.2) is 0 Å². The van der Waals surface area contributed by atoms with E-state index in [1.807, 2.05) is 63.6 Å². The van der Waals surface area contributed by atoms with Crippen LogP contribution in [0.4, 0.5) is 0 Å². The maximum atomic E-state index is 5.77. The predicted octanol–water partition coefficient (Wildman–Crippen LogP) is 13.3. The summed E-state index contributed by atoms with van der Waals surface area (Å²) >= 11 is 9.59. The summed E-state index contributed by atoms with van der Waals surface area (Å²) in [6.45, 7) is 8.27. The third kappa shape index (κ3) is 12.0. The molecule has 0 radical (unpaired) electrons. The van der Waals surface area contributed by atoms with Gasteiger partial charge in [0.1, 0.15) is 0 Å². The normalized spacial score (nSPS) is 11.6. The lowest BCUT2D eigenvalue weighted by atomic mass is 10.1. The van der Waals surface area contributed by atoms with Crippen molar-refractivity contribution in [1.29, 1.82) is 0 Å². The summed E-state index contributed by atoms with van der Waals surface area (Å²) < 4.78 is 16.6. The van der Waals surface area contributed by atoms with Gasteiger partial charge in [0, 0.05) is 61.8 Å². The Labute approximate surface area is 302 Å². The van der Waals surface area contributed by atoms with Crippen molar-refractivity contribution in [1.82, 2.24) is 0 Å². The lowest BCUT2D eigenvalue weighted by molar-refractivity contribution is 0.0176. The van der Waals surface area contributed by atoms with Crippen LogP contribution in [0, 0.1) is 0 Å². The number of thiophene rings is 5. The molecule has 0 spiro atoms. The molecule has 0 aliphatic rings. The van der Waals surface area contributed by atoms with E-state index in [0.717, 1.165) is 19.6 Å². The highest BCUT2D eigenvalue weighted by Gasteiger charge is 2.13. The van der Waals surface area contributed by atoms with Gasteiger partial charge in [0.15, 0.2) is 0 Å². The molecule has 47 heavy (non-hydrogen) atoms. The van der Waals surface area contributed by atoms with Crippen LogP contribution in [-0.2, 0) is 27.1 Å². The largest absolute Gasteiger partial charge is 0.379 e. The molecule has 0 saturated heterocycles. The van der Waals surface area contributed by atoms with Gasteiger partial charge >= 0.3 is 0 Å². The van der Waals surface area contributed by atoms with Crippen molar-refractivity contribution in [3.05, 3.63) is 70.4 Å². The number of rotatable bonds is 24. The Bertz CT molecular complexity index is 1440. The van der Waals surface area contributed by atoms with Gasteiger partial charge in [-0.1, -0.05) is 58.3 Å². The lowest BCUT2D eigenvalue weighted by Gasteiger charge is -2.05. The maximum absolute atomic E-state index is 5.77. The van der Waals surface area contributed by atoms with Gasteiger partial charge in [-0.05, 0) is 80.4 Å². The molecule has 0 aromatic carbocycles. The Morgan fingerprint density at radius 3 is 1.19 bits per heavy atom. The topological polar surface area (TPSA) is 27.7 Å². The molecule has 8 heteroatoms. The maximum Gasteiger partial charge on any atom is 0.0701 e. The second kappa shape index (κ2) is 20.8. The van der Waals surface area contributed by atoms with Crippen molar-refractivity contribution >= 4 is 56.7 Å². The molecule has 0 amide bonds. The van der Waals surface area contributed by atoms with E-state index < -0.39 is 0 Å². The molecular weight excluding hydrogens is 677 g/mol.